The van der Waals surface area contributed by atoms with Crippen LogP contribution in [0, 0.1) is 6.92 Å². The molecule has 1 aliphatic rings. The quantitative estimate of drug-likeness (QED) is 0.652. The first kappa shape index (κ1) is 17.7. The second-order valence-corrected chi connectivity index (χ2v) is 6.69. The number of rotatable bonds is 3. The number of anilines is 1. The van der Waals surface area contributed by atoms with E-state index >= 15 is 0 Å². The predicted molar refractivity (Wildman–Crippen MR) is 96.4 cm³/mol. The number of aromatic amines is 1. The molecule has 27 heavy (non-hydrogen) atoms. The fourth-order valence-electron chi connectivity index (χ4n) is 3.32. The van der Waals surface area contributed by atoms with Gasteiger partial charge in [0, 0.05) is 41.6 Å². The van der Waals surface area contributed by atoms with Gasteiger partial charge in [-0.3, -0.25) is 0 Å². The molecule has 142 valence electrons. The molecule has 4 rings (SSSR count). The lowest BCUT2D eigenvalue weighted by Crippen LogP contribution is -2.38. The summed E-state index contributed by atoms with van der Waals surface area (Å²) in [5, 5.41) is 6.98. The maximum absolute atomic E-state index is 13.6. The topological polar surface area (TPSA) is 78.5 Å². The van der Waals surface area contributed by atoms with E-state index in [2.05, 4.69) is 30.6 Å². The van der Waals surface area contributed by atoms with Crippen molar-refractivity contribution in [1.29, 1.82) is 0 Å². The summed E-state index contributed by atoms with van der Waals surface area (Å²) in [6.45, 7) is 3.50. The molecule has 0 aliphatic carbocycles. The molecule has 0 aromatic carbocycles. The van der Waals surface area contributed by atoms with E-state index in [9.17, 15) is 13.2 Å². The highest BCUT2D eigenvalue weighted by atomic mass is 19.4. The fourth-order valence-corrected chi connectivity index (χ4v) is 3.32. The molecule has 1 fully saturated rings. The van der Waals surface area contributed by atoms with E-state index in [1.165, 1.54) is 6.20 Å². The Morgan fingerprint density at radius 2 is 2.07 bits per heavy atom. The Labute approximate surface area is 153 Å². The van der Waals surface area contributed by atoms with E-state index < -0.39 is 11.7 Å². The van der Waals surface area contributed by atoms with Crippen molar-refractivity contribution in [2.45, 2.75) is 32.0 Å². The largest absolute Gasteiger partial charge is 0.419 e. The third-order valence-electron chi connectivity index (χ3n) is 4.66. The molecule has 0 amide bonds. The van der Waals surface area contributed by atoms with Crippen molar-refractivity contribution in [3.63, 3.8) is 0 Å². The van der Waals surface area contributed by atoms with E-state index in [0.29, 0.717) is 16.6 Å². The number of piperidine rings is 1. The Kier molecular flexibility index (Phi) is 4.47. The summed E-state index contributed by atoms with van der Waals surface area (Å²) in [4.78, 5) is 15.4. The van der Waals surface area contributed by atoms with Crippen LogP contribution in [0.2, 0.25) is 0 Å². The van der Waals surface area contributed by atoms with Crippen LogP contribution < -0.4 is 10.6 Å². The van der Waals surface area contributed by atoms with Crippen molar-refractivity contribution in [3.8, 4) is 11.3 Å². The van der Waals surface area contributed by atoms with Gasteiger partial charge in [-0.2, -0.15) is 13.2 Å². The van der Waals surface area contributed by atoms with Gasteiger partial charge in [-0.05, 0) is 38.4 Å². The van der Waals surface area contributed by atoms with Crippen LogP contribution in [0.3, 0.4) is 0 Å². The highest BCUT2D eigenvalue weighted by Gasteiger charge is 2.36. The minimum absolute atomic E-state index is 0.0932. The second kappa shape index (κ2) is 6.80. The number of pyridine rings is 1. The fraction of sp³-hybridized carbons (Fsp3) is 0.389. The first-order valence-corrected chi connectivity index (χ1v) is 8.78. The van der Waals surface area contributed by atoms with Crippen LogP contribution in [0.15, 0.2) is 24.5 Å². The number of aromatic nitrogens is 4. The third kappa shape index (κ3) is 3.59. The zero-order valence-corrected chi connectivity index (χ0v) is 14.7. The van der Waals surface area contributed by atoms with Crippen LogP contribution in [0.1, 0.15) is 24.1 Å². The van der Waals surface area contributed by atoms with Gasteiger partial charge in [0.15, 0.2) is 0 Å². The summed E-state index contributed by atoms with van der Waals surface area (Å²) >= 11 is 0. The summed E-state index contributed by atoms with van der Waals surface area (Å²) < 4.78 is 40.7. The molecule has 0 radical (unpaired) electrons. The highest BCUT2D eigenvalue weighted by molar-refractivity contribution is 5.93. The normalized spacial score (nSPS) is 18.0. The summed E-state index contributed by atoms with van der Waals surface area (Å²) in [6.07, 6.45) is -0.272. The Morgan fingerprint density at radius 1 is 1.22 bits per heavy atom. The molecule has 4 heterocycles. The number of alkyl halides is 3. The molecule has 0 spiro atoms. The molecule has 6 nitrogen and oxygen atoms in total. The molecule has 3 aromatic heterocycles. The molecular weight excluding hydrogens is 357 g/mol. The van der Waals surface area contributed by atoms with E-state index in [4.69, 9.17) is 0 Å². The smallest absolute Gasteiger partial charge is 0.350 e. The van der Waals surface area contributed by atoms with Crippen molar-refractivity contribution in [2.75, 3.05) is 18.4 Å². The minimum Gasteiger partial charge on any atom is -0.350 e. The molecule has 0 bridgehead atoms. The first-order chi connectivity index (χ1) is 12.9. The molecule has 9 heteroatoms. The van der Waals surface area contributed by atoms with Gasteiger partial charge in [-0.25, -0.2) is 15.0 Å². The van der Waals surface area contributed by atoms with E-state index in [1.54, 1.807) is 12.1 Å². The molecule has 1 saturated heterocycles. The number of H-pyrrole nitrogens is 1. The summed E-state index contributed by atoms with van der Waals surface area (Å²) in [7, 11) is 0. The SMILES string of the molecule is Cc1ccc2c(-c3nc(N[C@H]4CCCNC4)ncc3C(F)(F)F)c[nH]c2n1. The first-order valence-electron chi connectivity index (χ1n) is 8.78. The van der Waals surface area contributed by atoms with Gasteiger partial charge < -0.3 is 15.6 Å². The van der Waals surface area contributed by atoms with Crippen molar-refractivity contribution in [2.24, 2.45) is 0 Å². The molecule has 1 atom stereocenters. The number of aryl methyl sites for hydroxylation is 1. The minimum atomic E-state index is -4.55. The van der Waals surface area contributed by atoms with Crippen LogP contribution in [-0.4, -0.2) is 39.1 Å². The van der Waals surface area contributed by atoms with Gasteiger partial charge in [0.2, 0.25) is 5.95 Å². The lowest BCUT2D eigenvalue weighted by atomic mass is 10.1. The highest BCUT2D eigenvalue weighted by Crippen LogP contribution is 2.38. The Morgan fingerprint density at radius 3 is 2.81 bits per heavy atom. The Bertz CT molecular complexity index is 959. The number of hydrogen-bond donors (Lipinski definition) is 3. The summed E-state index contributed by atoms with van der Waals surface area (Å²) in [6, 6.07) is 3.61. The van der Waals surface area contributed by atoms with Crippen molar-refractivity contribution in [1.82, 2.24) is 25.3 Å². The summed E-state index contributed by atoms with van der Waals surface area (Å²) in [5.74, 6) is 0.195. The molecule has 0 saturated carbocycles. The van der Waals surface area contributed by atoms with Crippen molar-refractivity contribution >= 4 is 17.0 Å². The molecule has 1 aliphatic heterocycles. The van der Waals surface area contributed by atoms with Crippen molar-refractivity contribution < 1.29 is 13.2 Å². The maximum Gasteiger partial charge on any atom is 0.419 e. The number of hydrogen-bond acceptors (Lipinski definition) is 5. The number of nitrogens with one attached hydrogen (secondary N) is 3. The Balaban J connectivity index is 1.79. The summed E-state index contributed by atoms with van der Waals surface area (Å²) in [5.41, 5.74) is 0.651. The van der Waals surface area contributed by atoms with Gasteiger partial charge in [-0.1, -0.05) is 0 Å². The van der Waals surface area contributed by atoms with Crippen LogP contribution in [0.4, 0.5) is 19.1 Å². The van der Waals surface area contributed by atoms with E-state index in [-0.39, 0.29) is 17.7 Å². The maximum atomic E-state index is 13.6. The second-order valence-electron chi connectivity index (χ2n) is 6.69. The lowest BCUT2D eigenvalue weighted by molar-refractivity contribution is -0.137. The average molecular weight is 376 g/mol. The van der Waals surface area contributed by atoms with Gasteiger partial charge in [0.05, 0.1) is 5.69 Å². The molecule has 0 unspecified atom stereocenters. The zero-order chi connectivity index (χ0) is 19.0. The standard InChI is InChI=1S/C18H19F3N6/c1-10-4-5-12-13(8-23-16(12)25-10)15-14(18(19,20)21)9-24-17(27-15)26-11-3-2-6-22-7-11/h4-5,8-9,11,22H,2-3,6-7H2,1H3,(H,23,25)(H,24,26,27)/t11-/m0/s1. The number of nitrogens with zero attached hydrogens (tertiary/aromatic N) is 3. The number of halogens is 3. The van der Waals surface area contributed by atoms with Crippen LogP contribution >= 0.6 is 0 Å². The van der Waals surface area contributed by atoms with Gasteiger partial charge in [0.1, 0.15) is 11.2 Å². The third-order valence-corrected chi connectivity index (χ3v) is 4.66. The molecule has 3 N–H and O–H groups in total. The van der Waals surface area contributed by atoms with E-state index in [0.717, 1.165) is 37.8 Å². The van der Waals surface area contributed by atoms with Crippen LogP contribution in [0.25, 0.3) is 22.3 Å². The van der Waals surface area contributed by atoms with E-state index in [1.807, 2.05) is 6.92 Å². The van der Waals surface area contributed by atoms with Gasteiger partial charge in [-0.15, -0.1) is 0 Å². The van der Waals surface area contributed by atoms with Crippen LogP contribution in [0.5, 0.6) is 0 Å². The monoisotopic (exact) mass is 376 g/mol. The van der Waals surface area contributed by atoms with Gasteiger partial charge >= 0.3 is 6.18 Å². The molecule has 3 aromatic rings. The van der Waals surface area contributed by atoms with Gasteiger partial charge in [0.25, 0.3) is 0 Å². The Hall–Kier alpha value is -2.68. The molecular formula is C18H19F3N6. The van der Waals surface area contributed by atoms with Crippen molar-refractivity contribution in [3.05, 3.63) is 35.8 Å². The predicted octanol–water partition coefficient (Wildman–Crippen LogP) is 3.51. The number of fused-ring (bicyclic) bond motifs is 1. The lowest BCUT2D eigenvalue weighted by Gasteiger charge is -2.24. The average Bonchev–Trinajstić information content (AvgIpc) is 3.04. The van der Waals surface area contributed by atoms with Crippen LogP contribution in [-0.2, 0) is 6.18 Å². The zero-order valence-electron chi connectivity index (χ0n) is 14.7.